The Morgan fingerprint density at radius 1 is 1.41 bits per heavy atom. The minimum atomic E-state index is -5.17. The molecule has 0 N–H and O–H groups in total. The molecule has 0 atom stereocenters. The van der Waals surface area contributed by atoms with Gasteiger partial charge in [-0.3, -0.25) is 4.79 Å². The number of nitrogens with zero attached hydrogens (tertiary/aromatic N) is 1. The van der Waals surface area contributed by atoms with Crippen molar-refractivity contribution in [3.63, 3.8) is 0 Å². The van der Waals surface area contributed by atoms with E-state index in [9.17, 15) is 26.7 Å². The van der Waals surface area contributed by atoms with Crippen LogP contribution in [0.5, 0.6) is 5.75 Å². The number of carbonyl (C=O) groups excluding carboxylic acids is 1. The zero-order chi connectivity index (χ0) is 13.2. The fourth-order valence-corrected chi connectivity index (χ4v) is 1.18. The Kier molecular flexibility index (Phi) is 3.64. The van der Waals surface area contributed by atoms with Crippen LogP contribution < -0.4 is 4.74 Å². The fourth-order valence-electron chi connectivity index (χ4n) is 1.18. The summed E-state index contributed by atoms with van der Waals surface area (Å²) >= 11 is 0. The van der Waals surface area contributed by atoms with Crippen LogP contribution in [0, 0.1) is 6.92 Å². The number of ether oxygens (including phenoxy) is 1. The molecule has 0 spiro atoms. The second-order valence-electron chi connectivity index (χ2n) is 3.03. The van der Waals surface area contributed by atoms with Crippen LogP contribution in [0.25, 0.3) is 0 Å². The molecule has 0 saturated heterocycles. The first-order valence-electron chi connectivity index (χ1n) is 4.25. The molecular weight excluding hydrogens is 249 g/mol. The van der Waals surface area contributed by atoms with Gasteiger partial charge in [-0.15, -0.1) is 13.2 Å². The van der Waals surface area contributed by atoms with Crippen LogP contribution in [0.2, 0.25) is 0 Å². The molecule has 1 aromatic rings. The summed E-state index contributed by atoms with van der Waals surface area (Å²) in [6.45, 7) is 1.27. The Hall–Kier alpha value is -1.73. The maximum atomic E-state index is 12.5. The van der Waals surface area contributed by atoms with Crippen LogP contribution in [-0.4, -0.2) is 17.6 Å². The minimum Gasteiger partial charge on any atom is -0.403 e. The lowest BCUT2D eigenvalue weighted by Gasteiger charge is -2.14. The SMILES string of the molecule is Cc1cc(C(F)F)c(OC(F)(F)F)c(C=O)n1. The van der Waals surface area contributed by atoms with Crippen molar-refractivity contribution in [1.82, 2.24) is 4.98 Å². The van der Waals surface area contributed by atoms with E-state index >= 15 is 0 Å². The Balaban J connectivity index is 3.37. The lowest BCUT2D eigenvalue weighted by atomic mass is 10.2. The molecule has 17 heavy (non-hydrogen) atoms. The quantitative estimate of drug-likeness (QED) is 0.615. The van der Waals surface area contributed by atoms with Crippen LogP contribution in [0.3, 0.4) is 0 Å². The second kappa shape index (κ2) is 4.64. The van der Waals surface area contributed by atoms with E-state index in [2.05, 4.69) is 9.72 Å². The van der Waals surface area contributed by atoms with Gasteiger partial charge in [-0.2, -0.15) is 0 Å². The van der Waals surface area contributed by atoms with Crippen molar-refractivity contribution in [3.05, 3.63) is 23.0 Å². The van der Waals surface area contributed by atoms with Crippen molar-refractivity contribution in [2.45, 2.75) is 19.7 Å². The van der Waals surface area contributed by atoms with Crippen LogP contribution in [-0.2, 0) is 0 Å². The predicted octanol–water partition coefficient (Wildman–Crippen LogP) is 3.04. The second-order valence-corrected chi connectivity index (χ2v) is 3.03. The number of pyridine rings is 1. The predicted molar refractivity (Wildman–Crippen MR) is 46.0 cm³/mol. The van der Waals surface area contributed by atoms with Gasteiger partial charge in [0.15, 0.2) is 12.0 Å². The highest BCUT2D eigenvalue weighted by Gasteiger charge is 2.35. The Morgan fingerprint density at radius 2 is 2.00 bits per heavy atom. The molecule has 0 radical (unpaired) electrons. The van der Waals surface area contributed by atoms with Crippen LogP contribution in [0.4, 0.5) is 22.0 Å². The summed E-state index contributed by atoms with van der Waals surface area (Å²) in [7, 11) is 0. The monoisotopic (exact) mass is 255 g/mol. The third-order valence-electron chi connectivity index (χ3n) is 1.72. The molecule has 8 heteroatoms. The summed E-state index contributed by atoms with van der Waals surface area (Å²) in [6.07, 6.45) is -8.44. The summed E-state index contributed by atoms with van der Waals surface area (Å²) in [5.41, 5.74) is -1.83. The zero-order valence-corrected chi connectivity index (χ0v) is 8.39. The third-order valence-corrected chi connectivity index (χ3v) is 1.72. The van der Waals surface area contributed by atoms with Gasteiger partial charge in [-0.1, -0.05) is 0 Å². The molecule has 1 rings (SSSR count). The topological polar surface area (TPSA) is 39.2 Å². The molecule has 0 unspecified atom stereocenters. The highest BCUT2D eigenvalue weighted by molar-refractivity contribution is 5.77. The summed E-state index contributed by atoms with van der Waals surface area (Å²) in [5, 5.41) is 0. The standard InChI is InChI=1S/C9H6F5NO2/c1-4-2-5(8(10)11)7(6(3-16)15-4)17-9(12,13)14/h2-3,8H,1H3. The molecule has 0 aliphatic carbocycles. The van der Waals surface area contributed by atoms with Crippen molar-refractivity contribution < 1.29 is 31.5 Å². The largest absolute Gasteiger partial charge is 0.573 e. The number of hydrogen-bond acceptors (Lipinski definition) is 3. The van der Waals surface area contributed by atoms with E-state index in [1.165, 1.54) is 6.92 Å². The maximum Gasteiger partial charge on any atom is 0.573 e. The van der Waals surface area contributed by atoms with Gasteiger partial charge in [0.25, 0.3) is 6.43 Å². The highest BCUT2D eigenvalue weighted by atomic mass is 19.4. The highest BCUT2D eigenvalue weighted by Crippen LogP contribution is 2.34. The van der Waals surface area contributed by atoms with Gasteiger partial charge < -0.3 is 4.74 Å². The molecule has 1 aromatic heterocycles. The van der Waals surface area contributed by atoms with E-state index < -0.39 is 29.8 Å². The van der Waals surface area contributed by atoms with Crippen LogP contribution in [0.1, 0.15) is 28.2 Å². The molecule has 94 valence electrons. The first-order valence-corrected chi connectivity index (χ1v) is 4.25. The zero-order valence-electron chi connectivity index (χ0n) is 8.39. The van der Waals surface area contributed by atoms with Crippen molar-refractivity contribution in [2.24, 2.45) is 0 Å². The Labute approximate surface area is 92.2 Å². The number of hydrogen-bond donors (Lipinski definition) is 0. The molecule has 0 bridgehead atoms. The first-order chi connectivity index (χ1) is 7.74. The van der Waals surface area contributed by atoms with E-state index in [-0.39, 0.29) is 12.0 Å². The number of rotatable bonds is 3. The van der Waals surface area contributed by atoms with Crippen molar-refractivity contribution in [2.75, 3.05) is 0 Å². The summed E-state index contributed by atoms with van der Waals surface area (Å²) in [5.74, 6) is -1.26. The summed E-state index contributed by atoms with van der Waals surface area (Å²) < 4.78 is 64.4. The van der Waals surface area contributed by atoms with E-state index in [0.717, 1.165) is 6.07 Å². The number of alkyl halides is 5. The fraction of sp³-hybridized carbons (Fsp3) is 0.333. The van der Waals surface area contributed by atoms with Crippen molar-refractivity contribution in [1.29, 1.82) is 0 Å². The normalized spacial score (nSPS) is 11.7. The van der Waals surface area contributed by atoms with Gasteiger partial charge in [0.2, 0.25) is 0 Å². The molecule has 0 aromatic carbocycles. The molecule has 1 heterocycles. The molecule has 3 nitrogen and oxygen atoms in total. The molecular formula is C9H6F5NO2. The van der Waals surface area contributed by atoms with Crippen molar-refractivity contribution >= 4 is 6.29 Å². The molecule has 0 aliphatic rings. The Morgan fingerprint density at radius 3 is 2.41 bits per heavy atom. The van der Waals surface area contributed by atoms with E-state index in [1.54, 1.807) is 0 Å². The van der Waals surface area contributed by atoms with Crippen LogP contribution in [0.15, 0.2) is 6.07 Å². The number of aldehydes is 1. The van der Waals surface area contributed by atoms with Gasteiger partial charge in [-0.05, 0) is 13.0 Å². The average molecular weight is 255 g/mol. The average Bonchev–Trinajstić information content (AvgIpc) is 2.17. The third kappa shape index (κ3) is 3.36. The van der Waals surface area contributed by atoms with E-state index in [0.29, 0.717) is 0 Å². The van der Waals surface area contributed by atoms with E-state index in [4.69, 9.17) is 0 Å². The van der Waals surface area contributed by atoms with Gasteiger partial charge >= 0.3 is 6.36 Å². The number of aromatic nitrogens is 1. The van der Waals surface area contributed by atoms with Crippen LogP contribution >= 0.6 is 0 Å². The lowest BCUT2D eigenvalue weighted by Crippen LogP contribution is -2.20. The van der Waals surface area contributed by atoms with Gasteiger partial charge in [-0.25, -0.2) is 13.8 Å². The van der Waals surface area contributed by atoms with Gasteiger partial charge in [0.1, 0.15) is 5.69 Å². The number of halogens is 5. The summed E-state index contributed by atoms with van der Waals surface area (Å²) in [4.78, 5) is 13.9. The number of aryl methyl sites for hydroxylation is 1. The van der Waals surface area contributed by atoms with E-state index in [1.807, 2.05) is 0 Å². The minimum absolute atomic E-state index is 0.00285. The molecule has 0 saturated carbocycles. The lowest BCUT2D eigenvalue weighted by molar-refractivity contribution is -0.275. The molecule has 0 fully saturated rings. The van der Waals surface area contributed by atoms with Gasteiger partial charge in [0.05, 0.1) is 5.56 Å². The van der Waals surface area contributed by atoms with Crippen molar-refractivity contribution in [3.8, 4) is 5.75 Å². The number of carbonyl (C=O) groups is 1. The van der Waals surface area contributed by atoms with Gasteiger partial charge in [0, 0.05) is 5.69 Å². The molecule has 0 amide bonds. The molecule has 0 aliphatic heterocycles. The Bertz CT molecular complexity index is 430. The smallest absolute Gasteiger partial charge is 0.403 e. The summed E-state index contributed by atoms with van der Waals surface area (Å²) in [6, 6.07) is 0.735. The maximum absolute atomic E-state index is 12.5. The first kappa shape index (κ1) is 13.3.